The van der Waals surface area contributed by atoms with Crippen LogP contribution in [-0.4, -0.2) is 15.0 Å². The zero-order valence-corrected chi connectivity index (χ0v) is 11.1. The Kier molecular flexibility index (Phi) is 3.09. The van der Waals surface area contributed by atoms with Crippen LogP contribution in [0.3, 0.4) is 0 Å². The number of ether oxygens (including phenoxy) is 1. The first kappa shape index (κ1) is 12.0. The third-order valence-electron chi connectivity index (χ3n) is 2.77. The fraction of sp³-hybridized carbons (Fsp3) is 0.143. The van der Waals surface area contributed by atoms with E-state index < -0.39 is 0 Å². The summed E-state index contributed by atoms with van der Waals surface area (Å²) >= 11 is 5.93. The Morgan fingerprint density at radius 3 is 2.95 bits per heavy atom. The molecule has 0 aliphatic heterocycles. The summed E-state index contributed by atoms with van der Waals surface area (Å²) in [6, 6.07) is 11.1. The van der Waals surface area contributed by atoms with Crippen LogP contribution in [0.4, 0.5) is 0 Å². The number of aromatic nitrogens is 3. The van der Waals surface area contributed by atoms with Crippen LogP contribution in [0.1, 0.15) is 18.9 Å². The lowest BCUT2D eigenvalue weighted by Crippen LogP contribution is -2.04. The van der Waals surface area contributed by atoms with E-state index in [1.54, 1.807) is 12.3 Å². The predicted molar refractivity (Wildman–Crippen MR) is 74.4 cm³/mol. The van der Waals surface area contributed by atoms with E-state index in [0.29, 0.717) is 16.4 Å². The quantitative estimate of drug-likeness (QED) is 0.791. The number of halogens is 1. The summed E-state index contributed by atoms with van der Waals surface area (Å²) in [6.07, 6.45) is 1.52. The molecule has 3 rings (SSSR count). The number of fused-ring (bicyclic) bond motifs is 1. The van der Waals surface area contributed by atoms with Crippen molar-refractivity contribution in [2.45, 2.75) is 13.0 Å². The molecule has 0 aliphatic carbocycles. The Morgan fingerprint density at radius 2 is 2.16 bits per heavy atom. The van der Waals surface area contributed by atoms with Crippen LogP contribution in [-0.2, 0) is 0 Å². The maximum absolute atomic E-state index is 5.93. The van der Waals surface area contributed by atoms with E-state index in [1.807, 2.05) is 37.3 Å². The van der Waals surface area contributed by atoms with Gasteiger partial charge in [-0.3, -0.25) is 0 Å². The molecule has 1 unspecified atom stereocenters. The highest BCUT2D eigenvalue weighted by molar-refractivity contribution is 6.30. The molecule has 0 aliphatic rings. The highest BCUT2D eigenvalue weighted by Crippen LogP contribution is 2.23. The first-order valence-corrected chi connectivity index (χ1v) is 6.33. The Hall–Kier alpha value is -2.07. The lowest BCUT2D eigenvalue weighted by Gasteiger charge is -2.12. The molecule has 5 heteroatoms. The van der Waals surface area contributed by atoms with Crippen molar-refractivity contribution >= 4 is 22.8 Å². The zero-order valence-electron chi connectivity index (χ0n) is 10.3. The van der Waals surface area contributed by atoms with Crippen molar-refractivity contribution in [1.82, 2.24) is 15.0 Å². The average Bonchev–Trinajstić information content (AvgIpc) is 2.82. The van der Waals surface area contributed by atoms with Crippen molar-refractivity contribution < 1.29 is 4.74 Å². The molecule has 0 saturated carbocycles. The molecule has 1 N–H and O–H groups in total. The Balaban J connectivity index is 1.85. The van der Waals surface area contributed by atoms with Gasteiger partial charge in [0.25, 0.3) is 0 Å². The number of nitrogens with one attached hydrogen (secondary N) is 1. The number of hydrogen-bond acceptors (Lipinski definition) is 3. The molecule has 19 heavy (non-hydrogen) atoms. The molecular weight excluding hydrogens is 262 g/mol. The normalized spacial score (nSPS) is 12.5. The van der Waals surface area contributed by atoms with E-state index in [9.17, 15) is 0 Å². The van der Waals surface area contributed by atoms with Crippen LogP contribution in [0.25, 0.3) is 11.2 Å². The molecule has 0 spiro atoms. The van der Waals surface area contributed by atoms with Gasteiger partial charge in [-0.2, -0.15) is 0 Å². The molecule has 0 radical (unpaired) electrons. The predicted octanol–water partition coefficient (Wildman–Crippen LogP) is 3.75. The van der Waals surface area contributed by atoms with Gasteiger partial charge in [0, 0.05) is 11.2 Å². The van der Waals surface area contributed by atoms with E-state index >= 15 is 0 Å². The molecule has 1 atom stereocenters. The Labute approximate surface area is 115 Å². The number of imidazole rings is 1. The van der Waals surface area contributed by atoms with Crippen LogP contribution in [0.5, 0.6) is 5.75 Å². The van der Waals surface area contributed by atoms with Crippen molar-refractivity contribution in [3.8, 4) is 5.75 Å². The standard InChI is InChI=1S/C14H12ClN3O/c1-9(19-11-5-2-4-10(15)8-11)13-17-12-6-3-7-16-14(12)18-13/h2-9H,1H3,(H,16,17,18). The maximum atomic E-state index is 5.93. The van der Waals surface area contributed by atoms with Crippen molar-refractivity contribution in [2.75, 3.05) is 0 Å². The molecule has 2 aromatic heterocycles. The second-order valence-electron chi connectivity index (χ2n) is 4.21. The van der Waals surface area contributed by atoms with E-state index in [2.05, 4.69) is 15.0 Å². The molecule has 96 valence electrons. The van der Waals surface area contributed by atoms with Gasteiger partial charge in [0.15, 0.2) is 11.8 Å². The van der Waals surface area contributed by atoms with E-state index in [1.165, 1.54) is 0 Å². The van der Waals surface area contributed by atoms with E-state index in [0.717, 1.165) is 11.3 Å². The monoisotopic (exact) mass is 273 g/mol. The van der Waals surface area contributed by atoms with Gasteiger partial charge in [-0.05, 0) is 37.3 Å². The van der Waals surface area contributed by atoms with Crippen molar-refractivity contribution in [3.05, 3.63) is 53.4 Å². The number of nitrogens with zero attached hydrogens (tertiary/aromatic N) is 2. The highest BCUT2D eigenvalue weighted by Gasteiger charge is 2.12. The summed E-state index contributed by atoms with van der Waals surface area (Å²) < 4.78 is 5.80. The lowest BCUT2D eigenvalue weighted by atomic mass is 10.3. The number of pyridine rings is 1. The minimum atomic E-state index is -0.201. The van der Waals surface area contributed by atoms with Gasteiger partial charge in [-0.15, -0.1) is 0 Å². The fourth-order valence-corrected chi connectivity index (χ4v) is 2.04. The minimum absolute atomic E-state index is 0.201. The summed E-state index contributed by atoms with van der Waals surface area (Å²) in [6.45, 7) is 1.93. The molecule has 0 bridgehead atoms. The lowest BCUT2D eigenvalue weighted by molar-refractivity contribution is 0.218. The summed E-state index contributed by atoms with van der Waals surface area (Å²) in [5.41, 5.74) is 1.60. The highest BCUT2D eigenvalue weighted by atomic mass is 35.5. The summed E-state index contributed by atoms with van der Waals surface area (Å²) in [7, 11) is 0. The number of rotatable bonds is 3. The minimum Gasteiger partial charge on any atom is -0.483 e. The second-order valence-corrected chi connectivity index (χ2v) is 4.65. The largest absolute Gasteiger partial charge is 0.483 e. The van der Waals surface area contributed by atoms with Gasteiger partial charge in [0.2, 0.25) is 0 Å². The number of H-pyrrole nitrogens is 1. The van der Waals surface area contributed by atoms with Gasteiger partial charge in [-0.1, -0.05) is 17.7 Å². The van der Waals surface area contributed by atoms with Gasteiger partial charge < -0.3 is 9.72 Å². The SMILES string of the molecule is CC(Oc1cccc(Cl)c1)c1nc2ncccc2[nH]1. The Bertz CT molecular complexity index is 677. The van der Waals surface area contributed by atoms with Crippen LogP contribution in [0.2, 0.25) is 5.02 Å². The van der Waals surface area contributed by atoms with Crippen LogP contribution in [0, 0.1) is 0 Å². The molecule has 3 aromatic rings. The van der Waals surface area contributed by atoms with Crippen LogP contribution < -0.4 is 4.74 Å². The van der Waals surface area contributed by atoms with E-state index in [4.69, 9.17) is 16.3 Å². The molecule has 2 heterocycles. The van der Waals surface area contributed by atoms with Gasteiger partial charge in [0.05, 0.1) is 5.52 Å². The van der Waals surface area contributed by atoms with Crippen LogP contribution in [0.15, 0.2) is 42.6 Å². The van der Waals surface area contributed by atoms with Crippen molar-refractivity contribution in [1.29, 1.82) is 0 Å². The van der Waals surface area contributed by atoms with E-state index in [-0.39, 0.29) is 6.10 Å². The van der Waals surface area contributed by atoms with Crippen molar-refractivity contribution in [3.63, 3.8) is 0 Å². The zero-order chi connectivity index (χ0) is 13.2. The third-order valence-corrected chi connectivity index (χ3v) is 3.00. The van der Waals surface area contributed by atoms with Crippen molar-refractivity contribution in [2.24, 2.45) is 0 Å². The number of benzene rings is 1. The first-order valence-electron chi connectivity index (χ1n) is 5.95. The Morgan fingerprint density at radius 1 is 1.26 bits per heavy atom. The third kappa shape index (κ3) is 2.53. The summed E-state index contributed by atoms with van der Waals surface area (Å²) in [5, 5.41) is 0.649. The first-order chi connectivity index (χ1) is 9.22. The summed E-state index contributed by atoms with van der Waals surface area (Å²) in [4.78, 5) is 11.8. The average molecular weight is 274 g/mol. The second kappa shape index (κ2) is 4.90. The van der Waals surface area contributed by atoms with Gasteiger partial charge in [-0.25, -0.2) is 9.97 Å². The van der Waals surface area contributed by atoms with Crippen LogP contribution >= 0.6 is 11.6 Å². The molecule has 1 aromatic carbocycles. The summed E-state index contributed by atoms with van der Waals surface area (Å²) in [5.74, 6) is 1.46. The molecule has 4 nitrogen and oxygen atoms in total. The fourth-order valence-electron chi connectivity index (χ4n) is 1.86. The molecule has 0 fully saturated rings. The number of aromatic amines is 1. The number of hydrogen-bond donors (Lipinski definition) is 1. The smallest absolute Gasteiger partial charge is 0.177 e. The topological polar surface area (TPSA) is 50.8 Å². The van der Waals surface area contributed by atoms with Gasteiger partial charge in [0.1, 0.15) is 11.6 Å². The molecule has 0 saturated heterocycles. The molecular formula is C14H12ClN3O. The molecule has 0 amide bonds. The maximum Gasteiger partial charge on any atom is 0.177 e. The van der Waals surface area contributed by atoms with Gasteiger partial charge >= 0.3 is 0 Å².